The van der Waals surface area contributed by atoms with Crippen LogP contribution in [-0.2, 0) is 16.0 Å². The molecule has 0 aliphatic carbocycles. The van der Waals surface area contributed by atoms with Crippen LogP contribution in [0, 0.1) is 6.92 Å². The van der Waals surface area contributed by atoms with Crippen molar-refractivity contribution in [1.82, 2.24) is 4.90 Å². The molecule has 0 amide bonds. The number of morpholine rings is 1. The van der Waals surface area contributed by atoms with E-state index < -0.39 is 0 Å². The molecule has 3 heteroatoms. The van der Waals surface area contributed by atoms with Crippen LogP contribution in [-0.4, -0.2) is 43.5 Å². The Morgan fingerprint density at radius 1 is 1.22 bits per heavy atom. The third-order valence-corrected chi connectivity index (χ3v) is 3.32. The molecule has 18 heavy (non-hydrogen) atoms. The minimum Gasteiger partial charge on any atom is -0.379 e. The van der Waals surface area contributed by atoms with E-state index in [-0.39, 0.29) is 0 Å². The van der Waals surface area contributed by atoms with Crippen molar-refractivity contribution in [3.63, 3.8) is 0 Å². The van der Waals surface area contributed by atoms with Gasteiger partial charge >= 0.3 is 0 Å². The molecule has 0 radical (unpaired) electrons. The predicted molar refractivity (Wildman–Crippen MR) is 71.8 cm³/mol. The Bertz CT molecular complexity index is 380. The first-order valence-electron chi connectivity index (χ1n) is 6.61. The molecular formula is C15H21NO2. The maximum Gasteiger partial charge on any atom is 0.147 e. The van der Waals surface area contributed by atoms with E-state index in [4.69, 9.17) is 4.74 Å². The first kappa shape index (κ1) is 13.2. The highest BCUT2D eigenvalue weighted by molar-refractivity contribution is 5.80. The lowest BCUT2D eigenvalue weighted by Gasteiger charge is -2.25. The van der Waals surface area contributed by atoms with Crippen LogP contribution in [0.3, 0.4) is 0 Å². The number of rotatable bonds is 5. The van der Waals surface area contributed by atoms with Gasteiger partial charge in [-0.15, -0.1) is 0 Å². The lowest BCUT2D eigenvalue weighted by Crippen LogP contribution is -2.39. The second-order valence-electron chi connectivity index (χ2n) is 4.91. The number of ketones is 1. The van der Waals surface area contributed by atoms with Crippen LogP contribution in [0.1, 0.15) is 17.5 Å². The van der Waals surface area contributed by atoms with Crippen molar-refractivity contribution in [3.05, 3.63) is 35.4 Å². The van der Waals surface area contributed by atoms with E-state index in [0.717, 1.165) is 32.7 Å². The average Bonchev–Trinajstić information content (AvgIpc) is 2.39. The maximum atomic E-state index is 11.9. The zero-order valence-electron chi connectivity index (χ0n) is 11.0. The number of carbonyl (C=O) groups is 1. The highest BCUT2D eigenvalue weighted by Crippen LogP contribution is 2.07. The van der Waals surface area contributed by atoms with Gasteiger partial charge in [0, 0.05) is 19.5 Å². The zero-order valence-corrected chi connectivity index (χ0v) is 11.0. The summed E-state index contributed by atoms with van der Waals surface area (Å²) in [6.45, 7) is 5.94. The highest BCUT2D eigenvalue weighted by atomic mass is 16.5. The van der Waals surface area contributed by atoms with Crippen molar-refractivity contribution in [2.24, 2.45) is 0 Å². The molecule has 0 spiro atoms. The second-order valence-corrected chi connectivity index (χ2v) is 4.91. The van der Waals surface area contributed by atoms with Gasteiger partial charge in [0.15, 0.2) is 0 Å². The third-order valence-electron chi connectivity index (χ3n) is 3.32. The van der Waals surface area contributed by atoms with Crippen molar-refractivity contribution < 1.29 is 9.53 Å². The number of carbonyl (C=O) groups excluding carboxylic acids is 1. The molecule has 0 atom stereocenters. The monoisotopic (exact) mass is 247 g/mol. The van der Waals surface area contributed by atoms with Gasteiger partial charge in [-0.05, 0) is 18.9 Å². The summed E-state index contributed by atoms with van der Waals surface area (Å²) in [7, 11) is 0. The van der Waals surface area contributed by atoms with E-state index in [1.807, 2.05) is 0 Å². The second kappa shape index (κ2) is 6.66. The standard InChI is InChI=1S/C15H21NO2/c1-13-2-4-14(5-3-13)6-7-15(17)12-16-8-10-18-11-9-16/h2-5H,6-12H2,1H3. The smallest absolute Gasteiger partial charge is 0.147 e. The van der Waals surface area contributed by atoms with E-state index >= 15 is 0 Å². The van der Waals surface area contributed by atoms with Gasteiger partial charge in [-0.25, -0.2) is 0 Å². The number of benzene rings is 1. The average molecular weight is 247 g/mol. The van der Waals surface area contributed by atoms with Gasteiger partial charge in [0.25, 0.3) is 0 Å². The molecule has 0 aromatic heterocycles. The number of hydrogen-bond acceptors (Lipinski definition) is 3. The van der Waals surface area contributed by atoms with Gasteiger partial charge in [-0.1, -0.05) is 29.8 Å². The van der Waals surface area contributed by atoms with Crippen molar-refractivity contribution in [3.8, 4) is 0 Å². The summed E-state index contributed by atoms with van der Waals surface area (Å²) in [5, 5.41) is 0. The van der Waals surface area contributed by atoms with Gasteiger partial charge < -0.3 is 4.74 Å². The summed E-state index contributed by atoms with van der Waals surface area (Å²) >= 11 is 0. The molecule has 1 aromatic rings. The molecule has 0 unspecified atom stereocenters. The van der Waals surface area contributed by atoms with Crippen molar-refractivity contribution >= 4 is 5.78 Å². The first-order chi connectivity index (χ1) is 8.74. The molecule has 0 bridgehead atoms. The number of aryl methyl sites for hydroxylation is 2. The summed E-state index contributed by atoms with van der Waals surface area (Å²) in [4.78, 5) is 14.1. The summed E-state index contributed by atoms with van der Waals surface area (Å²) in [5.41, 5.74) is 2.51. The van der Waals surface area contributed by atoms with Crippen LogP contribution in [0.2, 0.25) is 0 Å². The summed E-state index contributed by atoms with van der Waals surface area (Å²) in [5.74, 6) is 0.331. The summed E-state index contributed by atoms with van der Waals surface area (Å²) < 4.78 is 5.27. The quantitative estimate of drug-likeness (QED) is 0.795. The van der Waals surface area contributed by atoms with Crippen molar-refractivity contribution in [1.29, 1.82) is 0 Å². The molecule has 0 N–H and O–H groups in total. The lowest BCUT2D eigenvalue weighted by atomic mass is 10.1. The SMILES string of the molecule is Cc1ccc(CCC(=O)CN2CCOCC2)cc1. The van der Waals surface area contributed by atoms with Crippen molar-refractivity contribution in [2.75, 3.05) is 32.8 Å². The topological polar surface area (TPSA) is 29.5 Å². The third kappa shape index (κ3) is 4.24. The fourth-order valence-corrected chi connectivity index (χ4v) is 2.13. The van der Waals surface area contributed by atoms with E-state index in [1.165, 1.54) is 11.1 Å². The molecule has 1 aliphatic rings. The van der Waals surface area contributed by atoms with Gasteiger partial charge in [0.05, 0.1) is 19.8 Å². The Hall–Kier alpha value is -1.19. The van der Waals surface area contributed by atoms with Crippen LogP contribution in [0.5, 0.6) is 0 Å². The molecule has 2 rings (SSSR count). The Balaban J connectivity index is 1.72. The van der Waals surface area contributed by atoms with E-state index in [2.05, 4.69) is 36.1 Å². The van der Waals surface area contributed by atoms with E-state index in [0.29, 0.717) is 18.7 Å². The van der Waals surface area contributed by atoms with Gasteiger partial charge in [-0.3, -0.25) is 9.69 Å². The minimum absolute atomic E-state index is 0.331. The summed E-state index contributed by atoms with van der Waals surface area (Å²) in [6, 6.07) is 8.41. The van der Waals surface area contributed by atoms with Crippen molar-refractivity contribution in [2.45, 2.75) is 19.8 Å². The molecular weight excluding hydrogens is 226 g/mol. The Morgan fingerprint density at radius 2 is 1.89 bits per heavy atom. The van der Waals surface area contributed by atoms with Gasteiger partial charge in [0.1, 0.15) is 5.78 Å². The van der Waals surface area contributed by atoms with Crippen LogP contribution < -0.4 is 0 Å². The predicted octanol–water partition coefficient (Wildman–Crippen LogP) is 1.83. The molecule has 1 heterocycles. The number of Topliss-reactive ketones (excluding diaryl/α,β-unsaturated/α-hetero) is 1. The minimum atomic E-state index is 0.331. The molecule has 0 saturated carbocycles. The van der Waals surface area contributed by atoms with Gasteiger partial charge in [-0.2, -0.15) is 0 Å². The number of nitrogens with zero attached hydrogens (tertiary/aromatic N) is 1. The van der Waals surface area contributed by atoms with Crippen LogP contribution in [0.25, 0.3) is 0 Å². The molecule has 1 saturated heterocycles. The summed E-state index contributed by atoms with van der Waals surface area (Å²) in [6.07, 6.45) is 1.49. The Morgan fingerprint density at radius 3 is 2.56 bits per heavy atom. The molecule has 1 fully saturated rings. The van der Waals surface area contributed by atoms with E-state index in [1.54, 1.807) is 0 Å². The van der Waals surface area contributed by atoms with E-state index in [9.17, 15) is 4.79 Å². The Labute approximate surface area is 109 Å². The number of hydrogen-bond donors (Lipinski definition) is 0. The lowest BCUT2D eigenvalue weighted by molar-refractivity contribution is -0.121. The molecule has 98 valence electrons. The molecule has 1 aromatic carbocycles. The van der Waals surface area contributed by atoms with Crippen LogP contribution in [0.4, 0.5) is 0 Å². The zero-order chi connectivity index (χ0) is 12.8. The molecule has 3 nitrogen and oxygen atoms in total. The Kier molecular flexibility index (Phi) is 4.90. The normalized spacial score (nSPS) is 16.7. The molecule has 1 aliphatic heterocycles. The van der Waals surface area contributed by atoms with Gasteiger partial charge in [0.2, 0.25) is 0 Å². The number of ether oxygens (including phenoxy) is 1. The fraction of sp³-hybridized carbons (Fsp3) is 0.533. The first-order valence-corrected chi connectivity index (χ1v) is 6.61. The van der Waals surface area contributed by atoms with Crippen LogP contribution in [0.15, 0.2) is 24.3 Å². The maximum absolute atomic E-state index is 11.9. The largest absolute Gasteiger partial charge is 0.379 e. The van der Waals surface area contributed by atoms with Crippen LogP contribution >= 0.6 is 0 Å². The fourth-order valence-electron chi connectivity index (χ4n) is 2.13. The highest BCUT2D eigenvalue weighted by Gasteiger charge is 2.13.